The molecule has 0 bridgehead atoms. The Labute approximate surface area is 141 Å². The Morgan fingerprint density at radius 3 is 1.40 bits per heavy atom. The van der Waals surface area contributed by atoms with Gasteiger partial charge in [0.15, 0.2) is 0 Å². The molecule has 5 radical (unpaired) electrons. The van der Waals surface area contributed by atoms with E-state index in [1.807, 2.05) is 6.92 Å². The summed E-state index contributed by atoms with van der Waals surface area (Å²) >= 11 is 0. The van der Waals surface area contributed by atoms with Crippen LogP contribution in [-0.4, -0.2) is 0 Å². The van der Waals surface area contributed by atoms with Gasteiger partial charge in [-0.1, -0.05) is 6.92 Å². The quantitative estimate of drug-likeness (QED) is 0.496. The standard InChI is InChI=1S/C5H7.C2H3.3Y/c1-4-5(2)3;1-2;;;/h1-2H2,3H3;1H,2H2;;;/q2*-1;;;. The fourth-order valence-electron chi connectivity index (χ4n) is 0. The monoisotopic (exact) mass is 361 g/mol. The van der Waals surface area contributed by atoms with Crippen LogP contribution in [0.2, 0.25) is 0 Å². The normalized spacial score (nSPS) is 3.90. The molecule has 0 saturated carbocycles. The Kier molecular flexibility index (Phi) is 87.2. The van der Waals surface area contributed by atoms with Crippen LogP contribution in [0.3, 0.4) is 0 Å². The summed E-state index contributed by atoms with van der Waals surface area (Å²) in [5.74, 6) is 0. The van der Waals surface area contributed by atoms with Crippen molar-refractivity contribution >= 4 is 0 Å². The molecule has 49 valence electrons. The maximum atomic E-state index is 4.25. The van der Waals surface area contributed by atoms with Crippen molar-refractivity contribution in [3.63, 3.8) is 0 Å². The molecule has 0 atom stereocenters. The second kappa shape index (κ2) is 29.8. The first kappa shape index (κ1) is 29.3. The minimum Gasteiger partial charge on any atom is -0.345 e. The van der Waals surface area contributed by atoms with E-state index >= 15 is 0 Å². The largest absolute Gasteiger partial charge is 0.345 e. The second-order valence-electron chi connectivity index (χ2n) is 0.957. The summed E-state index contributed by atoms with van der Waals surface area (Å²) in [6, 6.07) is 0. The molecule has 0 saturated heterocycles. The molecule has 0 aromatic heterocycles. The maximum absolute atomic E-state index is 4.25. The molecule has 0 aromatic rings. The molecule has 0 amide bonds. The van der Waals surface area contributed by atoms with Crippen LogP contribution >= 0.6 is 0 Å². The van der Waals surface area contributed by atoms with Gasteiger partial charge in [0.2, 0.25) is 0 Å². The first-order valence-corrected chi connectivity index (χ1v) is 1.87. The smallest absolute Gasteiger partial charge is 0 e. The molecule has 3 heteroatoms. The third-order valence-electron chi connectivity index (χ3n) is 0.302. The first-order chi connectivity index (χ1) is 3.27. The summed E-state index contributed by atoms with van der Waals surface area (Å²) in [7, 11) is 0. The zero-order valence-electron chi connectivity index (χ0n) is 6.43. The molecule has 0 aliphatic carbocycles. The zero-order valence-corrected chi connectivity index (χ0v) is 14.9. The minimum atomic E-state index is 0. The van der Waals surface area contributed by atoms with Crippen LogP contribution in [0.5, 0.6) is 0 Å². The van der Waals surface area contributed by atoms with Crippen molar-refractivity contribution in [2.45, 2.75) is 6.92 Å². The van der Waals surface area contributed by atoms with E-state index in [2.05, 4.69) is 33.1 Å². The molecule has 0 rings (SSSR count). The molecule has 0 aliphatic rings. The van der Waals surface area contributed by atoms with Gasteiger partial charge in [-0.25, -0.2) is 19.1 Å². The van der Waals surface area contributed by atoms with Gasteiger partial charge in [-0.15, -0.1) is 0 Å². The number of allylic oxidation sites excluding steroid dienone is 2. The van der Waals surface area contributed by atoms with E-state index in [0.717, 1.165) is 5.57 Å². The Bertz CT molecular complexity index is 59.9. The second-order valence-corrected chi connectivity index (χ2v) is 0.957. The topological polar surface area (TPSA) is 0 Å². The Morgan fingerprint density at radius 1 is 1.30 bits per heavy atom. The van der Waals surface area contributed by atoms with Crippen LogP contribution in [0.4, 0.5) is 0 Å². The summed E-state index contributed by atoms with van der Waals surface area (Å²) in [6.07, 6.45) is 2.58. The van der Waals surface area contributed by atoms with Gasteiger partial charge >= 0.3 is 0 Å². The molecule has 0 aliphatic heterocycles. The van der Waals surface area contributed by atoms with Crippen molar-refractivity contribution in [3.8, 4) is 0 Å². The van der Waals surface area contributed by atoms with Crippen LogP contribution < -0.4 is 0 Å². The predicted molar refractivity (Wildman–Crippen MR) is 33.3 cm³/mol. The van der Waals surface area contributed by atoms with E-state index in [0.29, 0.717) is 0 Å². The molecule has 0 heterocycles. The van der Waals surface area contributed by atoms with Crippen molar-refractivity contribution in [3.05, 3.63) is 38.7 Å². The molecule has 10 heavy (non-hydrogen) atoms. The van der Waals surface area contributed by atoms with Gasteiger partial charge < -0.3 is 6.92 Å². The fourth-order valence-corrected chi connectivity index (χ4v) is 0. The Morgan fingerprint density at radius 2 is 1.40 bits per heavy atom. The number of hydrogen-bond acceptors (Lipinski definition) is 0. The van der Waals surface area contributed by atoms with E-state index in [1.54, 1.807) is 0 Å². The summed E-state index contributed by atoms with van der Waals surface area (Å²) < 4.78 is 0. The van der Waals surface area contributed by atoms with Gasteiger partial charge in [-0.3, -0.25) is 6.08 Å². The predicted octanol–water partition coefficient (Wildman–Crippen LogP) is 2.08. The van der Waals surface area contributed by atoms with Gasteiger partial charge in [-0.2, -0.15) is 6.58 Å². The van der Waals surface area contributed by atoms with Crippen LogP contribution in [0.1, 0.15) is 6.92 Å². The van der Waals surface area contributed by atoms with Crippen molar-refractivity contribution in [1.82, 2.24) is 0 Å². The van der Waals surface area contributed by atoms with Crippen LogP contribution in [0.25, 0.3) is 0 Å². The van der Waals surface area contributed by atoms with Crippen molar-refractivity contribution in [2.24, 2.45) is 0 Å². The molecule has 0 nitrogen and oxygen atoms in total. The van der Waals surface area contributed by atoms with Gasteiger partial charge in [-0.05, 0) is 0 Å². The average molecular weight is 361 g/mol. The van der Waals surface area contributed by atoms with E-state index in [-0.39, 0.29) is 98.1 Å². The van der Waals surface area contributed by atoms with Gasteiger partial charge in [0.1, 0.15) is 0 Å². The SMILES string of the molecule is C=[C-]C(=C)C.[CH][CH2-].[Y].[Y].[Y]. The van der Waals surface area contributed by atoms with Crippen LogP contribution in [0, 0.1) is 19.9 Å². The summed E-state index contributed by atoms with van der Waals surface area (Å²) in [4.78, 5) is 0. The van der Waals surface area contributed by atoms with Crippen molar-refractivity contribution < 1.29 is 98.1 Å². The van der Waals surface area contributed by atoms with Gasteiger partial charge in [0, 0.05) is 98.1 Å². The Balaban J connectivity index is -0.0000000154. The van der Waals surface area contributed by atoms with Crippen LogP contribution in [-0.2, 0) is 98.1 Å². The molecular weight excluding hydrogens is 351 g/mol. The molecular formula is C7H10Y3-2. The molecule has 0 N–H and O–H groups in total. The summed E-state index contributed by atoms with van der Waals surface area (Å²) in [5, 5.41) is 0. The number of rotatable bonds is 1. The van der Waals surface area contributed by atoms with E-state index in [9.17, 15) is 0 Å². The van der Waals surface area contributed by atoms with Gasteiger partial charge in [0.05, 0.1) is 0 Å². The molecule has 0 spiro atoms. The molecule has 0 fully saturated rings. The van der Waals surface area contributed by atoms with Crippen molar-refractivity contribution in [2.75, 3.05) is 0 Å². The van der Waals surface area contributed by atoms with E-state index in [1.165, 1.54) is 0 Å². The maximum Gasteiger partial charge on any atom is 0 e. The average Bonchev–Trinajstić information content (AvgIpc) is 1.73. The fraction of sp³-hybridized carbons (Fsp3) is 0.143. The first-order valence-electron chi connectivity index (χ1n) is 1.87. The van der Waals surface area contributed by atoms with Crippen LogP contribution in [0.15, 0.2) is 18.7 Å². The zero-order chi connectivity index (χ0) is 6.28. The van der Waals surface area contributed by atoms with Crippen molar-refractivity contribution in [1.29, 1.82) is 0 Å². The number of hydrogen-bond donors (Lipinski definition) is 0. The summed E-state index contributed by atoms with van der Waals surface area (Å²) in [5.41, 5.74) is 0.894. The molecule has 0 aromatic carbocycles. The van der Waals surface area contributed by atoms with Gasteiger partial charge in [0.25, 0.3) is 0 Å². The van der Waals surface area contributed by atoms with E-state index < -0.39 is 0 Å². The third-order valence-corrected chi connectivity index (χ3v) is 0.302. The molecule has 0 unspecified atom stereocenters. The summed E-state index contributed by atoms with van der Waals surface area (Å²) in [6.45, 7) is 15.7. The van der Waals surface area contributed by atoms with E-state index in [4.69, 9.17) is 0 Å². The Hall–Kier alpha value is 2.79. The minimum absolute atomic E-state index is 0. The third kappa shape index (κ3) is 45.1.